The van der Waals surface area contributed by atoms with Crippen molar-refractivity contribution in [1.82, 2.24) is 0 Å². The van der Waals surface area contributed by atoms with Gasteiger partial charge in [-0.3, -0.25) is 0 Å². The summed E-state index contributed by atoms with van der Waals surface area (Å²) in [5, 5.41) is 0. The Morgan fingerprint density at radius 3 is 2.82 bits per heavy atom. The molecule has 0 aliphatic heterocycles. The molecule has 1 aromatic carbocycles. The van der Waals surface area contributed by atoms with Gasteiger partial charge in [0, 0.05) is 11.3 Å². The van der Waals surface area contributed by atoms with E-state index in [0.29, 0.717) is 5.70 Å². The number of hydrogen-bond donors (Lipinski definition) is 1. The maximum absolute atomic E-state index is 5.49. The number of ether oxygens (including phenoxy) is 1. The highest BCUT2D eigenvalue weighted by atomic mass is 16.5. The van der Waals surface area contributed by atoms with Crippen LogP contribution in [0.1, 0.15) is 5.56 Å². The molecule has 2 nitrogen and oxygen atoms in total. The largest absolute Gasteiger partial charge is 0.497 e. The van der Waals surface area contributed by atoms with Crippen molar-refractivity contribution in [1.29, 1.82) is 0 Å². The van der Waals surface area contributed by atoms with Gasteiger partial charge in [-0.25, -0.2) is 0 Å². The Bertz CT molecular complexity index is 268. The molecule has 58 valence electrons. The highest BCUT2D eigenvalue weighted by Crippen LogP contribution is 2.15. The van der Waals surface area contributed by atoms with Crippen LogP contribution in [0.2, 0.25) is 0 Å². The molecule has 2 N–H and O–H groups in total. The standard InChI is InChI=1S/C9H11NO/c1-7(10)8-4-3-5-9(6-8)11-2/h3-6H,1,10H2,2H3. The molecule has 1 aromatic rings. The van der Waals surface area contributed by atoms with E-state index in [4.69, 9.17) is 10.5 Å². The van der Waals surface area contributed by atoms with Gasteiger partial charge in [0.1, 0.15) is 5.75 Å². The van der Waals surface area contributed by atoms with Gasteiger partial charge in [0.15, 0.2) is 0 Å². The first-order valence-corrected chi connectivity index (χ1v) is 3.33. The molecule has 0 saturated carbocycles. The zero-order chi connectivity index (χ0) is 8.27. The molecule has 0 aliphatic carbocycles. The summed E-state index contributed by atoms with van der Waals surface area (Å²) in [5.41, 5.74) is 6.95. The van der Waals surface area contributed by atoms with Crippen molar-refractivity contribution in [3.05, 3.63) is 36.4 Å². The summed E-state index contributed by atoms with van der Waals surface area (Å²) in [7, 11) is 1.62. The van der Waals surface area contributed by atoms with Crippen LogP contribution >= 0.6 is 0 Å². The molecule has 1 rings (SSSR count). The number of benzene rings is 1. The minimum Gasteiger partial charge on any atom is -0.497 e. The first kappa shape index (κ1) is 7.66. The van der Waals surface area contributed by atoms with Gasteiger partial charge in [0.05, 0.1) is 7.11 Å². The molecule has 0 spiro atoms. The van der Waals surface area contributed by atoms with Crippen LogP contribution in [0, 0.1) is 0 Å². The molecule has 0 atom stereocenters. The molecular weight excluding hydrogens is 138 g/mol. The van der Waals surface area contributed by atoms with Gasteiger partial charge < -0.3 is 10.5 Å². The van der Waals surface area contributed by atoms with E-state index >= 15 is 0 Å². The lowest BCUT2D eigenvalue weighted by atomic mass is 10.2. The molecule has 0 unspecified atom stereocenters. The second kappa shape index (κ2) is 3.10. The molecular formula is C9H11NO. The van der Waals surface area contributed by atoms with E-state index < -0.39 is 0 Å². The third kappa shape index (κ3) is 1.74. The van der Waals surface area contributed by atoms with Crippen molar-refractivity contribution in [3.63, 3.8) is 0 Å². The van der Waals surface area contributed by atoms with Crippen molar-refractivity contribution < 1.29 is 4.74 Å². The van der Waals surface area contributed by atoms with E-state index in [0.717, 1.165) is 11.3 Å². The van der Waals surface area contributed by atoms with E-state index in [2.05, 4.69) is 6.58 Å². The molecule has 11 heavy (non-hydrogen) atoms. The number of nitrogens with two attached hydrogens (primary N) is 1. The molecule has 0 aliphatic rings. The van der Waals surface area contributed by atoms with Gasteiger partial charge in [-0.2, -0.15) is 0 Å². The maximum atomic E-state index is 5.49. The molecule has 0 saturated heterocycles. The van der Waals surface area contributed by atoms with Gasteiger partial charge in [-0.1, -0.05) is 18.7 Å². The number of hydrogen-bond acceptors (Lipinski definition) is 2. The van der Waals surface area contributed by atoms with Gasteiger partial charge in [0.2, 0.25) is 0 Å². The summed E-state index contributed by atoms with van der Waals surface area (Å²) in [6, 6.07) is 7.49. The first-order valence-electron chi connectivity index (χ1n) is 3.33. The van der Waals surface area contributed by atoms with E-state index in [1.54, 1.807) is 7.11 Å². The average molecular weight is 149 g/mol. The van der Waals surface area contributed by atoms with Gasteiger partial charge in [-0.05, 0) is 12.1 Å². The molecule has 2 heteroatoms. The molecule has 0 amide bonds. The minimum atomic E-state index is 0.559. The lowest BCUT2D eigenvalue weighted by molar-refractivity contribution is 0.414. The van der Waals surface area contributed by atoms with Crippen LogP contribution in [0.4, 0.5) is 0 Å². The van der Waals surface area contributed by atoms with Gasteiger partial charge in [0.25, 0.3) is 0 Å². The summed E-state index contributed by atoms with van der Waals surface area (Å²) in [6.07, 6.45) is 0. The quantitative estimate of drug-likeness (QED) is 0.693. The Kier molecular flexibility index (Phi) is 2.16. The second-order valence-electron chi connectivity index (χ2n) is 2.26. The highest BCUT2D eigenvalue weighted by Gasteiger charge is 1.94. The lowest BCUT2D eigenvalue weighted by Crippen LogP contribution is -1.93. The smallest absolute Gasteiger partial charge is 0.119 e. The SMILES string of the molecule is C=C(N)c1cccc(OC)c1. The monoisotopic (exact) mass is 149 g/mol. The molecule has 0 fully saturated rings. The lowest BCUT2D eigenvalue weighted by Gasteiger charge is -2.02. The van der Waals surface area contributed by atoms with Gasteiger partial charge >= 0.3 is 0 Å². The Morgan fingerprint density at radius 1 is 1.55 bits per heavy atom. The predicted molar refractivity (Wildman–Crippen MR) is 46.2 cm³/mol. The minimum absolute atomic E-state index is 0.559. The summed E-state index contributed by atoms with van der Waals surface area (Å²) in [5.74, 6) is 0.800. The molecule has 0 aromatic heterocycles. The van der Waals surface area contributed by atoms with E-state index in [1.807, 2.05) is 24.3 Å². The van der Waals surface area contributed by atoms with E-state index in [-0.39, 0.29) is 0 Å². The fourth-order valence-corrected chi connectivity index (χ4v) is 0.823. The molecule has 0 radical (unpaired) electrons. The highest BCUT2D eigenvalue weighted by molar-refractivity contribution is 5.61. The molecule has 0 heterocycles. The zero-order valence-electron chi connectivity index (χ0n) is 6.50. The average Bonchev–Trinajstić information content (AvgIpc) is 2.05. The van der Waals surface area contributed by atoms with Crippen LogP contribution in [0.15, 0.2) is 30.8 Å². The fraction of sp³-hybridized carbons (Fsp3) is 0.111. The zero-order valence-corrected chi connectivity index (χ0v) is 6.50. The fourth-order valence-electron chi connectivity index (χ4n) is 0.823. The van der Waals surface area contributed by atoms with Gasteiger partial charge in [-0.15, -0.1) is 0 Å². The Morgan fingerprint density at radius 2 is 2.27 bits per heavy atom. The van der Waals surface area contributed by atoms with Crippen molar-refractivity contribution >= 4 is 5.70 Å². The number of methoxy groups -OCH3 is 1. The third-order valence-corrected chi connectivity index (χ3v) is 1.44. The van der Waals surface area contributed by atoms with Crippen LogP contribution in [-0.2, 0) is 0 Å². The second-order valence-corrected chi connectivity index (χ2v) is 2.26. The van der Waals surface area contributed by atoms with Crippen molar-refractivity contribution in [2.24, 2.45) is 5.73 Å². The Labute approximate surface area is 66.3 Å². The predicted octanol–water partition coefficient (Wildman–Crippen LogP) is 1.62. The summed E-state index contributed by atoms with van der Waals surface area (Å²) in [4.78, 5) is 0. The van der Waals surface area contributed by atoms with Crippen LogP contribution < -0.4 is 10.5 Å². The Hall–Kier alpha value is -1.44. The topological polar surface area (TPSA) is 35.2 Å². The van der Waals surface area contributed by atoms with Crippen LogP contribution in [0.3, 0.4) is 0 Å². The third-order valence-electron chi connectivity index (χ3n) is 1.44. The first-order chi connectivity index (χ1) is 5.24. The van der Waals surface area contributed by atoms with E-state index in [9.17, 15) is 0 Å². The summed E-state index contributed by atoms with van der Waals surface area (Å²) in [6.45, 7) is 3.62. The number of rotatable bonds is 2. The van der Waals surface area contributed by atoms with Crippen LogP contribution in [0.5, 0.6) is 5.75 Å². The van der Waals surface area contributed by atoms with Crippen molar-refractivity contribution in [2.75, 3.05) is 7.11 Å². The summed E-state index contributed by atoms with van der Waals surface area (Å²) >= 11 is 0. The summed E-state index contributed by atoms with van der Waals surface area (Å²) < 4.78 is 5.01. The maximum Gasteiger partial charge on any atom is 0.119 e. The van der Waals surface area contributed by atoms with E-state index in [1.165, 1.54) is 0 Å². The molecule has 0 bridgehead atoms. The van der Waals surface area contributed by atoms with Crippen molar-refractivity contribution in [2.45, 2.75) is 0 Å². The van der Waals surface area contributed by atoms with Crippen LogP contribution in [0.25, 0.3) is 5.70 Å². The van der Waals surface area contributed by atoms with Crippen molar-refractivity contribution in [3.8, 4) is 5.75 Å². The normalized spacial score (nSPS) is 9.18. The Balaban J connectivity index is 3.01. The van der Waals surface area contributed by atoms with Crippen LogP contribution in [-0.4, -0.2) is 7.11 Å².